The van der Waals surface area contributed by atoms with E-state index in [2.05, 4.69) is 5.22 Å². The normalized spacial score (nSPS) is 14.2. The fraction of sp³-hybridized carbons (Fsp3) is 0.579. The molecule has 5 N–H and O–H groups in total. The topological polar surface area (TPSA) is 139 Å². The lowest BCUT2D eigenvalue weighted by molar-refractivity contribution is -0.0611. The first kappa shape index (κ1) is 26.1. The van der Waals surface area contributed by atoms with Gasteiger partial charge in [0.2, 0.25) is 5.84 Å². The molecular weight excluding hydrogens is 417 g/mol. The highest BCUT2D eigenvalue weighted by molar-refractivity contribution is 5.98. The number of carbonyl (C=O) groups is 1. The number of nitrogens with zero attached hydrogens (tertiary/aromatic N) is 3. The molecule has 1 aromatic rings. The molecule has 9 nitrogen and oxygen atoms in total. The van der Waals surface area contributed by atoms with Crippen LogP contribution in [0.1, 0.15) is 45.6 Å². The Morgan fingerprint density at radius 3 is 2.29 bits per heavy atom. The molecule has 0 aliphatic carbocycles. The summed E-state index contributed by atoms with van der Waals surface area (Å²) in [5.41, 5.74) is 11.6. The van der Waals surface area contributed by atoms with Crippen LogP contribution >= 0.6 is 0 Å². The van der Waals surface area contributed by atoms with Gasteiger partial charge in [-0.3, -0.25) is 5.41 Å². The smallest absolute Gasteiger partial charge is 0.451 e. The zero-order valence-corrected chi connectivity index (χ0v) is 17.8. The van der Waals surface area contributed by atoms with E-state index in [0.29, 0.717) is 0 Å². The molecule has 0 unspecified atom stereocenters. The van der Waals surface area contributed by atoms with Crippen LogP contribution in [0, 0.1) is 10.9 Å². The molecule has 174 valence electrons. The number of rotatable bonds is 3. The summed E-state index contributed by atoms with van der Waals surface area (Å²) >= 11 is 0. The van der Waals surface area contributed by atoms with Crippen LogP contribution in [0.4, 0.5) is 23.7 Å². The van der Waals surface area contributed by atoms with E-state index >= 15 is 0 Å². The number of likely N-dealkylation sites (tertiary alicyclic amines) is 1. The summed E-state index contributed by atoms with van der Waals surface area (Å²) in [6, 6.07) is 3.36. The maximum Gasteiger partial charge on any atom is 0.451 e. The van der Waals surface area contributed by atoms with Crippen molar-refractivity contribution in [1.82, 2.24) is 4.90 Å². The van der Waals surface area contributed by atoms with E-state index in [9.17, 15) is 23.1 Å². The summed E-state index contributed by atoms with van der Waals surface area (Å²) in [7, 11) is 0. The Hall–Kier alpha value is -2.89. The third kappa shape index (κ3) is 8.40. The molecular formula is C19H29F3N6O3. The highest BCUT2D eigenvalue weighted by Crippen LogP contribution is 2.28. The number of carbonyl (C=O) groups excluding carboxylic acids is 1. The van der Waals surface area contributed by atoms with Crippen molar-refractivity contribution in [3.63, 3.8) is 0 Å². The summed E-state index contributed by atoms with van der Waals surface area (Å²) in [6.45, 7) is 7.31. The number of phenols is 1. The number of hydrogen-bond donors (Lipinski definition) is 4. The predicted molar refractivity (Wildman–Crippen MR) is 109 cm³/mol. The van der Waals surface area contributed by atoms with Crippen molar-refractivity contribution in [2.45, 2.75) is 58.4 Å². The van der Waals surface area contributed by atoms with Gasteiger partial charge in [0.1, 0.15) is 11.4 Å². The minimum Gasteiger partial charge on any atom is -0.508 e. The second-order valence-corrected chi connectivity index (χ2v) is 7.80. The second-order valence-electron chi connectivity index (χ2n) is 7.80. The van der Waals surface area contributed by atoms with Crippen LogP contribution in [0.25, 0.3) is 0 Å². The van der Waals surface area contributed by atoms with Gasteiger partial charge in [0.25, 0.3) is 0 Å². The van der Waals surface area contributed by atoms with Crippen LogP contribution < -0.4 is 10.7 Å². The fourth-order valence-electron chi connectivity index (χ4n) is 2.63. The van der Waals surface area contributed by atoms with Crippen molar-refractivity contribution >= 4 is 17.6 Å². The molecule has 0 spiro atoms. The van der Waals surface area contributed by atoms with Crippen LogP contribution in [-0.4, -0.2) is 46.8 Å². The fourth-order valence-corrected chi connectivity index (χ4v) is 2.63. The molecule has 1 amide bonds. The second kappa shape index (κ2) is 10.9. The molecule has 1 fully saturated rings. The van der Waals surface area contributed by atoms with Crippen LogP contribution in [0.2, 0.25) is 0 Å². The first-order chi connectivity index (χ1) is 14.3. The Morgan fingerprint density at radius 2 is 1.84 bits per heavy atom. The molecule has 0 aromatic heterocycles. The third-order valence-electron chi connectivity index (χ3n) is 4.12. The molecule has 1 aliphatic rings. The van der Waals surface area contributed by atoms with E-state index in [1.165, 1.54) is 6.42 Å². The molecule has 0 atom stereocenters. The number of aromatic hydroxyl groups is 1. The first-order valence-corrected chi connectivity index (χ1v) is 9.63. The van der Waals surface area contributed by atoms with Gasteiger partial charge in [0.05, 0.1) is 5.69 Å². The number of amides is 1. The van der Waals surface area contributed by atoms with Crippen LogP contribution in [0.3, 0.4) is 0 Å². The van der Waals surface area contributed by atoms with Crippen molar-refractivity contribution in [3.8, 4) is 5.75 Å². The largest absolute Gasteiger partial charge is 0.508 e. The number of halogens is 3. The van der Waals surface area contributed by atoms with E-state index in [1.807, 2.05) is 20.8 Å². The lowest BCUT2D eigenvalue weighted by Crippen LogP contribution is -2.39. The van der Waals surface area contributed by atoms with Crippen molar-refractivity contribution in [1.29, 1.82) is 10.9 Å². The maximum absolute atomic E-state index is 12.3. The van der Waals surface area contributed by atoms with E-state index in [4.69, 9.17) is 21.4 Å². The lowest BCUT2D eigenvalue weighted by Gasteiger charge is -2.29. The third-order valence-corrected chi connectivity index (χ3v) is 4.12. The Labute approximate surface area is 178 Å². The van der Waals surface area contributed by atoms with Gasteiger partial charge >= 0.3 is 12.3 Å². The molecule has 0 saturated carbocycles. The van der Waals surface area contributed by atoms with Gasteiger partial charge in [0, 0.05) is 25.2 Å². The van der Waals surface area contributed by atoms with Crippen molar-refractivity contribution < 1.29 is 27.8 Å². The molecule has 1 heterocycles. The molecule has 0 radical (unpaired) electrons. The molecule has 1 saturated heterocycles. The van der Waals surface area contributed by atoms with Gasteiger partial charge in [0.15, 0.2) is 0 Å². The van der Waals surface area contributed by atoms with Crippen molar-refractivity contribution in [2.75, 3.05) is 18.1 Å². The molecule has 31 heavy (non-hydrogen) atoms. The first-order valence-electron chi connectivity index (χ1n) is 9.63. The highest BCUT2D eigenvalue weighted by atomic mass is 19.4. The number of benzene rings is 1. The standard InChI is InChI=1S/C10H19NO2.C9H10F3N5O/c1-10(2,3)13-9(12)11-7-5-4-6-8-11;10-9(11,12)8(14)17(16-15)6-1-2-7(18)5(3-6)4-13/h4-8H2,1-3H3;1-3,14-15,18H,4,13H2. The SMILES string of the molecule is CC(C)(C)OC(=O)N1CCCCC1.N=NN(C(=N)C(F)(F)F)c1ccc(O)c(CN)c1. The minimum atomic E-state index is -4.93. The van der Waals surface area contributed by atoms with E-state index in [-0.39, 0.29) is 40.2 Å². The number of alkyl halides is 3. The average Bonchev–Trinajstić information content (AvgIpc) is 2.69. The molecule has 2 rings (SSSR count). The lowest BCUT2D eigenvalue weighted by atomic mass is 10.1. The van der Waals surface area contributed by atoms with Crippen LogP contribution in [0.15, 0.2) is 23.4 Å². The number of anilines is 1. The number of amidine groups is 1. The predicted octanol–water partition coefficient (Wildman–Crippen LogP) is 4.55. The molecule has 12 heteroatoms. The summed E-state index contributed by atoms with van der Waals surface area (Å²) in [6.07, 6.45) is -1.63. The van der Waals surface area contributed by atoms with E-state index < -0.39 is 12.0 Å². The van der Waals surface area contributed by atoms with Gasteiger partial charge in [-0.25, -0.2) is 4.79 Å². The number of phenolic OH excluding ortho intramolecular Hbond substituents is 1. The van der Waals surface area contributed by atoms with Gasteiger partial charge in [-0.15, -0.1) is 0 Å². The quantitative estimate of drug-likeness (QED) is 0.233. The van der Waals surface area contributed by atoms with Crippen LogP contribution in [0.5, 0.6) is 5.75 Å². The monoisotopic (exact) mass is 446 g/mol. The summed E-state index contributed by atoms with van der Waals surface area (Å²) < 4.78 is 42.3. The number of hydrogen-bond acceptors (Lipinski definition) is 7. The van der Waals surface area contributed by atoms with Gasteiger partial charge in [-0.2, -0.15) is 23.7 Å². The molecule has 1 aromatic carbocycles. The summed E-state index contributed by atoms with van der Waals surface area (Å²) in [4.78, 5) is 13.3. The van der Waals surface area contributed by atoms with Gasteiger partial charge < -0.3 is 20.5 Å². The minimum absolute atomic E-state index is 0.0924. The van der Waals surface area contributed by atoms with E-state index in [0.717, 1.165) is 44.1 Å². The molecule has 0 bridgehead atoms. The molecule has 1 aliphatic heterocycles. The Balaban J connectivity index is 0.000000327. The average molecular weight is 446 g/mol. The number of piperidine rings is 1. The van der Waals surface area contributed by atoms with Crippen molar-refractivity contribution in [2.24, 2.45) is 11.0 Å². The summed E-state index contributed by atoms with van der Waals surface area (Å²) in [5.74, 6) is -1.98. The number of nitrogens with two attached hydrogens (primary N) is 1. The van der Waals surface area contributed by atoms with Gasteiger partial charge in [-0.05, 0) is 58.2 Å². The number of nitrogens with one attached hydrogen (secondary N) is 2. The van der Waals surface area contributed by atoms with Gasteiger partial charge in [-0.1, -0.05) is 5.22 Å². The Bertz CT molecular complexity index is 774. The zero-order valence-electron chi connectivity index (χ0n) is 17.8. The van der Waals surface area contributed by atoms with Crippen LogP contribution in [-0.2, 0) is 11.3 Å². The Morgan fingerprint density at radius 1 is 1.26 bits per heavy atom. The van der Waals surface area contributed by atoms with Crippen molar-refractivity contribution in [3.05, 3.63) is 23.8 Å². The Kier molecular flexibility index (Phi) is 9.22. The number of ether oxygens (including phenoxy) is 1. The maximum atomic E-state index is 12.3. The summed E-state index contributed by atoms with van der Waals surface area (Å²) in [5, 5.41) is 19.0. The highest BCUT2D eigenvalue weighted by Gasteiger charge is 2.39. The van der Waals surface area contributed by atoms with E-state index in [1.54, 1.807) is 4.90 Å². The zero-order chi connectivity index (χ0) is 23.8.